The highest BCUT2D eigenvalue weighted by molar-refractivity contribution is 7.98. The molecule has 0 aliphatic rings. The van der Waals surface area contributed by atoms with Crippen LogP contribution in [0.1, 0.15) is 38.0 Å². The fourth-order valence-corrected chi connectivity index (χ4v) is 2.53. The van der Waals surface area contributed by atoms with Crippen LogP contribution in [0.3, 0.4) is 0 Å². The molecular formula is C16H26N2O2S. The summed E-state index contributed by atoms with van der Waals surface area (Å²) in [6.07, 6.45) is 2.41. The Kier molecular flexibility index (Phi) is 7.61. The molecule has 1 rings (SSSR count). The van der Waals surface area contributed by atoms with E-state index in [1.165, 1.54) is 5.56 Å². The van der Waals surface area contributed by atoms with Gasteiger partial charge in [-0.15, -0.1) is 0 Å². The average Bonchev–Trinajstić information content (AvgIpc) is 2.44. The molecule has 4 nitrogen and oxygen atoms in total. The first kappa shape index (κ1) is 17.9. The summed E-state index contributed by atoms with van der Waals surface area (Å²) in [5.41, 5.74) is 2.00. The molecule has 3 N–H and O–H groups in total. The van der Waals surface area contributed by atoms with Crippen LogP contribution in [0.25, 0.3) is 0 Å². The highest BCUT2D eigenvalue weighted by Crippen LogP contribution is 2.27. The topological polar surface area (TPSA) is 61.4 Å². The van der Waals surface area contributed by atoms with E-state index in [4.69, 9.17) is 0 Å². The van der Waals surface area contributed by atoms with Crippen molar-refractivity contribution in [2.24, 2.45) is 5.92 Å². The summed E-state index contributed by atoms with van der Waals surface area (Å²) in [5, 5.41) is 15.4. The van der Waals surface area contributed by atoms with E-state index < -0.39 is 0 Å². The summed E-state index contributed by atoms with van der Waals surface area (Å²) in [6, 6.07) is 7.69. The zero-order valence-corrected chi connectivity index (χ0v) is 14.0. The van der Waals surface area contributed by atoms with E-state index >= 15 is 0 Å². The number of rotatable bonds is 7. The Morgan fingerprint density at radius 1 is 1.33 bits per heavy atom. The molecule has 1 aromatic rings. The molecule has 0 aromatic heterocycles. The fraction of sp³-hybridized carbons (Fsp3) is 0.562. The molecule has 0 bridgehead atoms. The lowest BCUT2D eigenvalue weighted by Gasteiger charge is -2.15. The Morgan fingerprint density at radius 2 is 2.05 bits per heavy atom. The second-order valence-electron chi connectivity index (χ2n) is 5.53. The molecule has 3 atom stereocenters. The number of aliphatic hydroxyl groups is 1. The molecule has 1 aromatic carbocycles. The highest BCUT2D eigenvalue weighted by Gasteiger charge is 2.09. The predicted molar refractivity (Wildman–Crippen MR) is 90.9 cm³/mol. The van der Waals surface area contributed by atoms with Crippen molar-refractivity contribution in [3.8, 4) is 0 Å². The van der Waals surface area contributed by atoms with Gasteiger partial charge in [-0.2, -0.15) is 11.8 Å². The van der Waals surface area contributed by atoms with Crippen LogP contribution in [0.5, 0.6) is 0 Å². The molecule has 0 saturated heterocycles. The second-order valence-corrected chi connectivity index (χ2v) is 6.71. The second kappa shape index (κ2) is 8.95. The van der Waals surface area contributed by atoms with Crippen molar-refractivity contribution in [2.45, 2.75) is 38.5 Å². The standard InChI is InChI=1S/C16H26N2O2S/c1-11(8-12(2)19)10-17-16(20)18-15-7-5-6-14(9-15)13(3)21-4/h5-7,9,11-13,19H,8,10H2,1-4H3,(H2,17,18,20)/t11-,12-,13+/m0/s1. The minimum Gasteiger partial charge on any atom is -0.393 e. The zero-order valence-electron chi connectivity index (χ0n) is 13.2. The smallest absolute Gasteiger partial charge is 0.319 e. The number of hydrogen-bond acceptors (Lipinski definition) is 3. The molecular weight excluding hydrogens is 284 g/mol. The molecule has 0 saturated carbocycles. The first-order valence-electron chi connectivity index (χ1n) is 7.28. The minimum atomic E-state index is -0.338. The lowest BCUT2D eigenvalue weighted by atomic mass is 10.1. The summed E-state index contributed by atoms with van der Waals surface area (Å²) < 4.78 is 0. The summed E-state index contributed by atoms with van der Waals surface area (Å²) >= 11 is 1.77. The molecule has 0 unspecified atom stereocenters. The van der Waals surface area contributed by atoms with Crippen molar-refractivity contribution in [1.29, 1.82) is 0 Å². The fourth-order valence-electron chi connectivity index (χ4n) is 2.11. The van der Waals surface area contributed by atoms with E-state index in [0.29, 0.717) is 18.2 Å². The Balaban J connectivity index is 2.48. The van der Waals surface area contributed by atoms with Crippen molar-refractivity contribution < 1.29 is 9.90 Å². The van der Waals surface area contributed by atoms with Crippen LogP contribution < -0.4 is 10.6 Å². The van der Waals surface area contributed by atoms with E-state index in [1.807, 2.05) is 25.1 Å². The molecule has 0 radical (unpaired) electrons. The van der Waals surface area contributed by atoms with Gasteiger partial charge in [0.05, 0.1) is 6.10 Å². The number of hydrogen-bond donors (Lipinski definition) is 3. The first-order valence-corrected chi connectivity index (χ1v) is 8.56. The average molecular weight is 310 g/mol. The number of aliphatic hydroxyl groups excluding tert-OH is 1. The van der Waals surface area contributed by atoms with Gasteiger partial charge in [-0.1, -0.05) is 19.1 Å². The third-order valence-electron chi connectivity index (χ3n) is 3.32. The van der Waals surface area contributed by atoms with Crippen LogP contribution in [0.4, 0.5) is 10.5 Å². The molecule has 0 aliphatic carbocycles. The maximum atomic E-state index is 11.9. The SMILES string of the molecule is CS[C@H](C)c1cccc(NC(=O)NC[C@@H](C)C[C@H](C)O)c1. The molecule has 2 amide bonds. The molecule has 5 heteroatoms. The van der Waals surface area contributed by atoms with Crippen LogP contribution in [0.2, 0.25) is 0 Å². The summed E-state index contributed by atoms with van der Waals surface area (Å²) in [7, 11) is 0. The quantitative estimate of drug-likeness (QED) is 0.720. The highest BCUT2D eigenvalue weighted by atomic mass is 32.2. The van der Waals surface area contributed by atoms with Crippen molar-refractivity contribution in [1.82, 2.24) is 5.32 Å². The van der Waals surface area contributed by atoms with Gasteiger partial charge in [-0.3, -0.25) is 0 Å². The van der Waals surface area contributed by atoms with Gasteiger partial charge in [0, 0.05) is 17.5 Å². The van der Waals surface area contributed by atoms with Crippen molar-refractivity contribution in [3.05, 3.63) is 29.8 Å². The van der Waals surface area contributed by atoms with Gasteiger partial charge >= 0.3 is 6.03 Å². The maximum absolute atomic E-state index is 11.9. The van der Waals surface area contributed by atoms with Gasteiger partial charge in [-0.25, -0.2) is 4.79 Å². The van der Waals surface area contributed by atoms with E-state index in [0.717, 1.165) is 5.69 Å². The van der Waals surface area contributed by atoms with Gasteiger partial charge in [-0.05, 0) is 50.1 Å². The van der Waals surface area contributed by atoms with Crippen LogP contribution in [0.15, 0.2) is 24.3 Å². The molecule has 0 fully saturated rings. The minimum absolute atomic E-state index is 0.207. The lowest BCUT2D eigenvalue weighted by Crippen LogP contribution is -2.33. The van der Waals surface area contributed by atoms with E-state index in [-0.39, 0.29) is 18.1 Å². The number of anilines is 1. The largest absolute Gasteiger partial charge is 0.393 e. The number of amides is 2. The van der Waals surface area contributed by atoms with Crippen LogP contribution >= 0.6 is 11.8 Å². The zero-order chi connectivity index (χ0) is 15.8. The molecule has 0 spiro atoms. The van der Waals surface area contributed by atoms with E-state index in [9.17, 15) is 9.90 Å². The number of nitrogens with one attached hydrogen (secondary N) is 2. The summed E-state index contributed by atoms with van der Waals surface area (Å²) in [6.45, 7) is 6.46. The normalized spacial score (nSPS) is 15.1. The van der Waals surface area contributed by atoms with Crippen molar-refractivity contribution in [3.63, 3.8) is 0 Å². The van der Waals surface area contributed by atoms with Gasteiger partial charge in [0.2, 0.25) is 0 Å². The van der Waals surface area contributed by atoms with Crippen LogP contribution in [-0.4, -0.2) is 30.0 Å². The third kappa shape index (κ3) is 6.87. The Morgan fingerprint density at radius 3 is 2.67 bits per heavy atom. The predicted octanol–water partition coefficient (Wildman–Crippen LogP) is 3.64. The van der Waals surface area contributed by atoms with E-state index in [1.54, 1.807) is 18.7 Å². The van der Waals surface area contributed by atoms with Gasteiger partial charge < -0.3 is 15.7 Å². The number of thioether (sulfide) groups is 1. The monoisotopic (exact) mass is 310 g/mol. The number of carbonyl (C=O) groups excluding carboxylic acids is 1. The van der Waals surface area contributed by atoms with Crippen LogP contribution in [-0.2, 0) is 0 Å². The molecule has 21 heavy (non-hydrogen) atoms. The van der Waals surface area contributed by atoms with Crippen LogP contribution in [0, 0.1) is 5.92 Å². The molecule has 118 valence electrons. The first-order chi connectivity index (χ1) is 9.92. The van der Waals surface area contributed by atoms with Crippen molar-refractivity contribution in [2.75, 3.05) is 18.1 Å². The summed E-state index contributed by atoms with van der Waals surface area (Å²) in [5.74, 6) is 0.249. The maximum Gasteiger partial charge on any atom is 0.319 e. The number of carbonyl (C=O) groups is 1. The van der Waals surface area contributed by atoms with Gasteiger partial charge in [0.1, 0.15) is 0 Å². The molecule has 0 heterocycles. The lowest BCUT2D eigenvalue weighted by molar-refractivity contribution is 0.163. The Hall–Kier alpha value is -1.20. The number of benzene rings is 1. The number of urea groups is 1. The molecule has 0 aliphatic heterocycles. The Bertz CT molecular complexity index is 452. The van der Waals surface area contributed by atoms with E-state index in [2.05, 4.69) is 29.9 Å². The van der Waals surface area contributed by atoms with Crippen molar-refractivity contribution >= 4 is 23.5 Å². The summed E-state index contributed by atoms with van der Waals surface area (Å²) in [4.78, 5) is 11.9. The third-order valence-corrected chi connectivity index (χ3v) is 4.30. The Labute approximate surface area is 131 Å². The van der Waals surface area contributed by atoms with Gasteiger partial charge in [0.25, 0.3) is 0 Å². The van der Waals surface area contributed by atoms with Gasteiger partial charge in [0.15, 0.2) is 0 Å².